The molecule has 8 nitrogen and oxygen atoms in total. The van der Waals surface area contributed by atoms with Crippen molar-refractivity contribution in [1.29, 1.82) is 0 Å². The smallest absolute Gasteiger partial charge is 0.325 e. The largest absolute Gasteiger partial charge is 0.459 e. The van der Waals surface area contributed by atoms with Crippen LogP contribution in [-0.4, -0.2) is 36.7 Å². The lowest BCUT2D eigenvalue weighted by Crippen LogP contribution is -2.31. The second-order valence-corrected chi connectivity index (χ2v) is 5.76. The molecule has 0 fully saturated rings. The molecule has 0 spiro atoms. The van der Waals surface area contributed by atoms with Crippen LogP contribution < -0.4 is 10.6 Å². The Morgan fingerprint density at radius 2 is 2.08 bits per heavy atom. The molecule has 2 heterocycles. The molecule has 1 aliphatic heterocycles. The predicted octanol–water partition coefficient (Wildman–Crippen LogP) is 1.49. The minimum absolute atomic E-state index is 0.0734. The molecule has 0 saturated carbocycles. The van der Waals surface area contributed by atoms with E-state index in [0.29, 0.717) is 11.3 Å². The first-order valence-corrected chi connectivity index (χ1v) is 7.91. The van der Waals surface area contributed by atoms with Gasteiger partial charge in [-0.15, -0.1) is 0 Å². The highest BCUT2D eigenvalue weighted by atomic mass is 16.5. The first-order valence-electron chi connectivity index (χ1n) is 7.91. The van der Waals surface area contributed by atoms with Gasteiger partial charge in [-0.3, -0.25) is 19.2 Å². The van der Waals surface area contributed by atoms with Crippen molar-refractivity contribution < 1.29 is 28.3 Å². The summed E-state index contributed by atoms with van der Waals surface area (Å²) >= 11 is 0. The lowest BCUT2D eigenvalue weighted by Gasteiger charge is -2.07. The van der Waals surface area contributed by atoms with E-state index >= 15 is 0 Å². The fourth-order valence-corrected chi connectivity index (χ4v) is 2.52. The highest BCUT2D eigenvalue weighted by molar-refractivity contribution is 6.05. The summed E-state index contributed by atoms with van der Waals surface area (Å²) in [7, 11) is 0. The number of rotatable bonds is 6. The third-order valence-corrected chi connectivity index (χ3v) is 3.99. The summed E-state index contributed by atoms with van der Waals surface area (Å²) in [5, 5.41) is 5.05. The average Bonchev–Trinajstić information content (AvgIpc) is 3.26. The molecule has 2 aromatic rings. The maximum absolute atomic E-state index is 12.2. The summed E-state index contributed by atoms with van der Waals surface area (Å²) in [5.41, 5.74) is 1.76. The second-order valence-electron chi connectivity index (χ2n) is 5.76. The predicted molar refractivity (Wildman–Crippen MR) is 89.8 cm³/mol. The van der Waals surface area contributed by atoms with Crippen molar-refractivity contribution in [2.24, 2.45) is 0 Å². The molecule has 1 aromatic carbocycles. The van der Waals surface area contributed by atoms with Gasteiger partial charge in [0.25, 0.3) is 5.91 Å². The molecule has 0 radical (unpaired) electrons. The number of benzene rings is 1. The van der Waals surface area contributed by atoms with E-state index in [1.165, 1.54) is 12.3 Å². The van der Waals surface area contributed by atoms with Crippen molar-refractivity contribution in [2.75, 3.05) is 18.5 Å². The van der Waals surface area contributed by atoms with Crippen LogP contribution in [0.5, 0.6) is 0 Å². The van der Waals surface area contributed by atoms with E-state index in [1.54, 1.807) is 31.2 Å². The Hall–Kier alpha value is -3.42. The van der Waals surface area contributed by atoms with Gasteiger partial charge in [-0.05, 0) is 42.8 Å². The number of esters is 1. The summed E-state index contributed by atoms with van der Waals surface area (Å²) in [6.45, 7) is 0.910. The van der Waals surface area contributed by atoms with Crippen LogP contribution in [0, 0.1) is 0 Å². The number of anilines is 1. The molecule has 1 aromatic heterocycles. The van der Waals surface area contributed by atoms with Crippen LogP contribution in [0.25, 0.3) is 0 Å². The van der Waals surface area contributed by atoms with Gasteiger partial charge >= 0.3 is 5.97 Å². The molecule has 0 unspecified atom stereocenters. The zero-order valence-electron chi connectivity index (χ0n) is 13.9. The molecule has 0 bridgehead atoms. The Kier molecular flexibility index (Phi) is 4.83. The van der Waals surface area contributed by atoms with Gasteiger partial charge < -0.3 is 19.8 Å². The van der Waals surface area contributed by atoms with Crippen molar-refractivity contribution in [2.45, 2.75) is 12.8 Å². The number of hydrogen-bond donors (Lipinski definition) is 2. The van der Waals surface area contributed by atoms with Crippen molar-refractivity contribution in [3.8, 4) is 0 Å². The molecular formula is C18H16N2O6. The highest BCUT2D eigenvalue weighted by Crippen LogP contribution is 2.32. The van der Waals surface area contributed by atoms with Gasteiger partial charge in [0.15, 0.2) is 18.2 Å². The molecule has 26 heavy (non-hydrogen) atoms. The van der Waals surface area contributed by atoms with Crippen molar-refractivity contribution in [3.63, 3.8) is 0 Å². The Morgan fingerprint density at radius 3 is 2.81 bits per heavy atom. The van der Waals surface area contributed by atoms with E-state index in [0.717, 1.165) is 5.56 Å². The second kappa shape index (κ2) is 7.22. The van der Waals surface area contributed by atoms with Crippen molar-refractivity contribution in [1.82, 2.24) is 5.32 Å². The normalized spacial score (nSPS) is 15.1. The zero-order chi connectivity index (χ0) is 18.7. The number of ketones is 1. The van der Waals surface area contributed by atoms with Crippen LogP contribution in [0.3, 0.4) is 0 Å². The molecule has 2 N–H and O–H groups in total. The van der Waals surface area contributed by atoms with E-state index in [-0.39, 0.29) is 24.1 Å². The Morgan fingerprint density at radius 1 is 1.27 bits per heavy atom. The van der Waals surface area contributed by atoms with Gasteiger partial charge in [0.2, 0.25) is 5.91 Å². The van der Waals surface area contributed by atoms with Gasteiger partial charge in [0.05, 0.1) is 12.2 Å². The molecule has 2 amide bonds. The third-order valence-electron chi connectivity index (χ3n) is 3.99. The number of fused-ring (bicyclic) bond motifs is 1. The van der Waals surface area contributed by atoms with E-state index < -0.39 is 24.3 Å². The molecule has 1 atom stereocenters. The number of nitrogens with one attached hydrogen (secondary N) is 2. The van der Waals surface area contributed by atoms with Crippen LogP contribution in [0.4, 0.5) is 5.69 Å². The number of hydrogen-bond acceptors (Lipinski definition) is 6. The van der Waals surface area contributed by atoms with E-state index in [1.807, 2.05) is 0 Å². The van der Waals surface area contributed by atoms with Gasteiger partial charge in [-0.2, -0.15) is 0 Å². The van der Waals surface area contributed by atoms with Crippen LogP contribution in [0.1, 0.15) is 39.3 Å². The van der Waals surface area contributed by atoms with Crippen LogP contribution in [0.2, 0.25) is 0 Å². The number of ether oxygens (including phenoxy) is 1. The maximum atomic E-state index is 12.2. The fraction of sp³-hybridized carbons (Fsp3) is 0.222. The quantitative estimate of drug-likeness (QED) is 0.599. The summed E-state index contributed by atoms with van der Waals surface area (Å²) in [4.78, 5) is 47.1. The SMILES string of the molecule is C[C@H]1C(=O)Nc2ccc(C(=O)COC(=O)CNC(=O)c3ccco3)cc21. The third kappa shape index (κ3) is 3.64. The lowest BCUT2D eigenvalue weighted by atomic mass is 9.99. The monoisotopic (exact) mass is 356 g/mol. The fourth-order valence-electron chi connectivity index (χ4n) is 2.52. The average molecular weight is 356 g/mol. The lowest BCUT2D eigenvalue weighted by molar-refractivity contribution is -0.141. The van der Waals surface area contributed by atoms with E-state index in [4.69, 9.17) is 9.15 Å². The minimum atomic E-state index is -0.746. The van der Waals surface area contributed by atoms with E-state index in [9.17, 15) is 19.2 Å². The van der Waals surface area contributed by atoms with E-state index in [2.05, 4.69) is 10.6 Å². The summed E-state index contributed by atoms with van der Waals surface area (Å²) in [5.74, 6) is -2.08. The molecule has 0 aliphatic carbocycles. The Bertz CT molecular complexity index is 872. The van der Waals surface area contributed by atoms with Crippen molar-refractivity contribution >= 4 is 29.3 Å². The number of amides is 2. The first kappa shape index (κ1) is 17.4. The van der Waals surface area contributed by atoms with Gasteiger partial charge in [-0.25, -0.2) is 0 Å². The molecule has 0 saturated heterocycles. The van der Waals surface area contributed by atoms with Gasteiger partial charge in [-0.1, -0.05) is 0 Å². The van der Waals surface area contributed by atoms with Crippen LogP contribution in [0.15, 0.2) is 41.0 Å². The molecule has 1 aliphatic rings. The molecular weight excluding hydrogens is 340 g/mol. The standard InChI is InChI=1S/C18H16N2O6/c1-10-12-7-11(4-5-13(12)20-17(10)23)14(21)9-26-16(22)8-19-18(24)15-3-2-6-25-15/h2-7,10H,8-9H2,1H3,(H,19,24)(H,20,23)/t10-/m1/s1. The topological polar surface area (TPSA) is 115 Å². The maximum Gasteiger partial charge on any atom is 0.325 e. The highest BCUT2D eigenvalue weighted by Gasteiger charge is 2.27. The van der Waals surface area contributed by atoms with Gasteiger partial charge in [0.1, 0.15) is 6.54 Å². The Balaban J connectivity index is 1.50. The molecule has 8 heteroatoms. The van der Waals surface area contributed by atoms with Crippen molar-refractivity contribution in [3.05, 3.63) is 53.5 Å². The number of carbonyl (C=O) groups is 4. The van der Waals surface area contributed by atoms with Crippen LogP contribution >= 0.6 is 0 Å². The summed E-state index contributed by atoms with van der Waals surface area (Å²) < 4.78 is 9.77. The zero-order valence-corrected chi connectivity index (χ0v) is 13.9. The molecule has 134 valence electrons. The summed E-state index contributed by atoms with van der Waals surface area (Å²) in [6.07, 6.45) is 1.34. The van der Waals surface area contributed by atoms with Crippen LogP contribution in [-0.2, 0) is 14.3 Å². The number of furan rings is 1. The minimum Gasteiger partial charge on any atom is -0.459 e. The number of Topliss-reactive ketones (excluding diaryl/α,β-unsaturated/α-hetero) is 1. The Labute approximate surface area is 148 Å². The number of carbonyl (C=O) groups excluding carboxylic acids is 4. The summed E-state index contributed by atoms with van der Waals surface area (Å²) in [6, 6.07) is 7.83. The first-order chi connectivity index (χ1) is 12.5. The molecule has 3 rings (SSSR count). The van der Waals surface area contributed by atoms with Gasteiger partial charge in [0, 0.05) is 11.3 Å².